The molecular formula is C39H52N13O20P3S3. The number of nitrogens with one attached hydrogen (secondary N) is 3. The van der Waals surface area contributed by atoms with Crippen molar-refractivity contribution >= 4 is 104 Å². The zero-order valence-electron chi connectivity index (χ0n) is 40.9. The maximum Gasteiger partial charge on any atom is 0.481 e. The molecular weight excluding hydrogens is 1160 g/mol. The van der Waals surface area contributed by atoms with E-state index in [1.807, 2.05) is 0 Å². The fourth-order valence-corrected chi connectivity index (χ4v) is 13.6. The molecule has 12 N–H and O–H groups in total. The van der Waals surface area contributed by atoms with Crippen molar-refractivity contribution in [3.05, 3.63) is 59.8 Å². The topological polar surface area (TPSA) is 477 Å². The quantitative estimate of drug-likeness (QED) is 0.0145. The van der Waals surface area contributed by atoms with Crippen LogP contribution in [0.25, 0.3) is 11.2 Å². The highest BCUT2D eigenvalue weighted by Gasteiger charge is 2.55. The number of aromatic nitrogens is 8. The molecule has 4 aromatic rings. The fourth-order valence-electron chi connectivity index (χ4n) is 7.64. The molecule has 6 heterocycles. The Balaban J connectivity index is 0.843. The number of anilines is 1. The number of aliphatic hydroxyl groups excluding tert-OH is 3. The molecule has 78 heavy (non-hydrogen) atoms. The van der Waals surface area contributed by atoms with Gasteiger partial charge >= 0.3 is 23.5 Å². The standard InChI is InChI=1S/C39H52N13O20P3S3/c1-39(2,16-69-75(66,67)72-74(64,65)68-13-21-28(71-73(61,62)63)27(55)35(70-21)51-18-45-23-30(40)43-17-44-31(23)51)29(56)33(58)42-10-9-22(53)41-11-12-76-37(60)25-20(15-78-38-47-48-49-50(38)3)14-77-36-24(34(59)52(25)36)46-32(57)26(54)19-7-5-4-6-8-19/h4-8,17-18,21,24,26-29,35-36,54-56H,9-16H2,1-3H3,(H,41,53)(H,42,58)(H,46,57)(H,64,65)(H,66,67)(H2,40,43,44)(H2,61,62,63)/t21?,24-,26-,27?,28?,29?,35?,36-/m1/s1. The number of phosphoric ester groups is 3. The van der Waals surface area contributed by atoms with Crippen LogP contribution in [0.5, 0.6) is 0 Å². The molecule has 33 nitrogen and oxygen atoms in total. The van der Waals surface area contributed by atoms with E-state index in [0.29, 0.717) is 22.0 Å². The first kappa shape index (κ1) is 60.8. The lowest BCUT2D eigenvalue weighted by Crippen LogP contribution is -2.70. The van der Waals surface area contributed by atoms with Gasteiger partial charge in [-0.3, -0.25) is 47.0 Å². The second kappa shape index (κ2) is 25.3. The summed E-state index contributed by atoms with van der Waals surface area (Å²) in [5.74, 6) is -2.43. The van der Waals surface area contributed by atoms with Crippen LogP contribution in [0.15, 0.2) is 59.4 Å². The molecule has 7 unspecified atom stereocenters. The van der Waals surface area contributed by atoms with Gasteiger partial charge in [0.05, 0.1) is 19.5 Å². The number of phosphoric acid groups is 3. The Kier molecular flexibility index (Phi) is 19.7. The molecule has 3 aromatic heterocycles. The lowest BCUT2D eigenvalue weighted by atomic mass is 9.87. The van der Waals surface area contributed by atoms with E-state index in [2.05, 4.69) is 55.3 Å². The molecule has 0 spiro atoms. The van der Waals surface area contributed by atoms with Gasteiger partial charge in [-0.1, -0.05) is 67.7 Å². The number of amides is 4. The highest BCUT2D eigenvalue weighted by molar-refractivity contribution is 8.14. The van der Waals surface area contributed by atoms with Crippen molar-refractivity contribution in [3.63, 3.8) is 0 Å². The van der Waals surface area contributed by atoms with Crippen LogP contribution in [0.1, 0.15) is 38.2 Å². The van der Waals surface area contributed by atoms with Crippen LogP contribution in [0.4, 0.5) is 5.82 Å². The van der Waals surface area contributed by atoms with Gasteiger partial charge in [-0.05, 0) is 21.6 Å². The van der Waals surface area contributed by atoms with Crippen molar-refractivity contribution in [2.24, 2.45) is 12.5 Å². The van der Waals surface area contributed by atoms with Gasteiger partial charge in [-0.15, -0.1) is 16.9 Å². The Hall–Kier alpha value is -4.81. The minimum absolute atomic E-state index is 0.00827. The lowest BCUT2D eigenvalue weighted by Gasteiger charge is -2.50. The number of hydrogen-bond acceptors (Lipinski definition) is 26. The van der Waals surface area contributed by atoms with E-state index < -0.39 is 119 Å². The first-order valence-corrected chi connectivity index (χ1v) is 30.3. The summed E-state index contributed by atoms with van der Waals surface area (Å²) < 4.78 is 64.2. The summed E-state index contributed by atoms with van der Waals surface area (Å²) in [5, 5.41) is 50.6. The maximum atomic E-state index is 13.8. The zero-order valence-corrected chi connectivity index (χ0v) is 46.1. The molecule has 2 fully saturated rings. The van der Waals surface area contributed by atoms with Gasteiger partial charge in [-0.2, -0.15) is 4.31 Å². The second-order valence-electron chi connectivity index (χ2n) is 17.7. The number of ether oxygens (including phenoxy) is 1. The zero-order chi connectivity index (χ0) is 56.9. The number of carbonyl (C=O) groups is 5. The summed E-state index contributed by atoms with van der Waals surface area (Å²) in [7, 11) is -15.0. The van der Waals surface area contributed by atoms with E-state index in [1.54, 1.807) is 37.4 Å². The molecule has 39 heteroatoms. The van der Waals surface area contributed by atoms with Crippen molar-refractivity contribution in [1.29, 1.82) is 0 Å². The molecule has 3 aliphatic rings. The largest absolute Gasteiger partial charge is 0.481 e. The molecule has 0 saturated carbocycles. The van der Waals surface area contributed by atoms with Gasteiger partial charge in [0.15, 0.2) is 23.8 Å². The number of aliphatic hydroxyl groups is 3. The van der Waals surface area contributed by atoms with Crippen molar-refractivity contribution in [3.8, 4) is 0 Å². The smallest absolute Gasteiger partial charge is 0.386 e. The number of tetrazole rings is 1. The molecule has 426 valence electrons. The number of thioether (sulfide) groups is 3. The number of hydrogen-bond donors (Lipinski definition) is 11. The average molecular weight is 1210 g/mol. The van der Waals surface area contributed by atoms with Gasteiger partial charge in [0, 0.05) is 49.2 Å². The van der Waals surface area contributed by atoms with E-state index in [-0.39, 0.29) is 53.7 Å². The normalized spacial score (nSPS) is 22.9. The summed E-state index contributed by atoms with van der Waals surface area (Å²) in [6.45, 7) is -0.0310. The molecule has 2 saturated heterocycles. The highest BCUT2D eigenvalue weighted by Crippen LogP contribution is 2.61. The predicted molar refractivity (Wildman–Crippen MR) is 270 cm³/mol. The van der Waals surface area contributed by atoms with Crippen LogP contribution in [0, 0.1) is 5.41 Å². The van der Waals surface area contributed by atoms with Crippen LogP contribution in [-0.2, 0) is 67.3 Å². The van der Waals surface area contributed by atoms with Crippen molar-refractivity contribution in [2.75, 3.05) is 49.3 Å². The monoisotopic (exact) mass is 1210 g/mol. The number of carbonyl (C=O) groups excluding carboxylic acids is 5. The first-order chi connectivity index (χ1) is 36.7. The summed E-state index contributed by atoms with van der Waals surface area (Å²) in [4.78, 5) is 119. The van der Waals surface area contributed by atoms with Crippen LogP contribution in [-0.4, -0.2) is 188 Å². The molecule has 1 aromatic carbocycles. The Morgan fingerprint density at radius 2 is 1.72 bits per heavy atom. The van der Waals surface area contributed by atoms with Gasteiger partial charge in [-0.25, -0.2) is 33.3 Å². The van der Waals surface area contributed by atoms with E-state index >= 15 is 0 Å². The van der Waals surface area contributed by atoms with Crippen molar-refractivity contribution < 1.29 is 95.2 Å². The number of nitrogens with zero attached hydrogens (tertiary/aromatic N) is 9. The van der Waals surface area contributed by atoms with E-state index in [0.717, 1.165) is 29.0 Å². The lowest BCUT2D eigenvalue weighted by molar-refractivity contribution is -0.148. The third kappa shape index (κ3) is 14.9. The molecule has 0 aliphatic carbocycles. The van der Waals surface area contributed by atoms with Crippen LogP contribution < -0.4 is 21.7 Å². The van der Waals surface area contributed by atoms with Gasteiger partial charge in [0.2, 0.25) is 22.1 Å². The predicted octanol–water partition coefficient (Wildman–Crippen LogP) is -1.63. The van der Waals surface area contributed by atoms with Crippen LogP contribution in [0.2, 0.25) is 0 Å². The number of benzene rings is 1. The number of β-lactam (4-membered cyclic amide) rings is 1. The highest BCUT2D eigenvalue weighted by atomic mass is 32.2. The Labute approximate surface area is 453 Å². The number of imidazole rings is 1. The van der Waals surface area contributed by atoms with E-state index in [1.165, 1.54) is 47.0 Å². The summed E-state index contributed by atoms with van der Waals surface area (Å²) >= 11 is 3.39. The summed E-state index contributed by atoms with van der Waals surface area (Å²) in [6.07, 6.45) is -8.85. The van der Waals surface area contributed by atoms with E-state index in [9.17, 15) is 72.6 Å². The maximum absolute atomic E-state index is 13.8. The molecule has 0 radical (unpaired) electrons. The van der Waals surface area contributed by atoms with Crippen LogP contribution >= 0.6 is 58.8 Å². The van der Waals surface area contributed by atoms with Gasteiger partial charge < -0.3 is 61.3 Å². The minimum atomic E-state index is -5.64. The van der Waals surface area contributed by atoms with E-state index in [4.69, 9.17) is 19.5 Å². The Bertz CT molecular complexity index is 3060. The molecule has 7 rings (SSSR count). The third-order valence-corrected chi connectivity index (χ3v) is 18.0. The fraction of sp³-hybridized carbons (Fsp3) is 0.513. The number of rotatable bonds is 26. The average Bonchev–Trinajstić information content (AvgIpc) is 4.20. The summed E-state index contributed by atoms with van der Waals surface area (Å²) in [6, 6.07) is 7.14. The number of fused-ring (bicyclic) bond motifs is 2. The SMILES string of the molecule is Cn1nnnc1SCC1=C(C(=O)SCCNC(=O)CCNC(=O)C(O)C(C)(C)COP(=O)(O)OP(=O)(O)OCC2OC(n3cnc4c(N)ncnc43)C(O)C2OP(=O)(O)O)N2C(=O)[C@@H](NC(=O)[C@H](O)c3ccccc3)[C@H]2SC1. The van der Waals surface area contributed by atoms with Crippen molar-refractivity contribution in [1.82, 2.24) is 60.6 Å². The van der Waals surface area contributed by atoms with Gasteiger partial charge in [0.1, 0.15) is 53.4 Å². The number of nitrogens with two attached hydrogens (primary N) is 1. The minimum Gasteiger partial charge on any atom is -0.386 e. The van der Waals surface area contributed by atoms with Gasteiger partial charge in [0.25, 0.3) is 11.8 Å². The second-order valence-corrected chi connectivity index (χ2v) is 25.1. The first-order valence-electron chi connectivity index (χ1n) is 22.8. The Morgan fingerprint density at radius 1 is 1.00 bits per heavy atom. The molecule has 4 amide bonds. The van der Waals surface area contributed by atoms with Crippen molar-refractivity contribution in [2.45, 2.75) is 73.6 Å². The number of aryl methyl sites for hydroxylation is 1. The molecule has 3 aliphatic heterocycles. The summed E-state index contributed by atoms with van der Waals surface area (Å²) in [5.41, 5.74) is 5.21. The molecule has 0 bridgehead atoms. The van der Waals surface area contributed by atoms with Crippen LogP contribution in [0.3, 0.4) is 0 Å². The number of nitrogen functional groups attached to an aromatic ring is 1. The molecule has 10 atom stereocenters. The third-order valence-electron chi connectivity index (χ3n) is 11.6. The Morgan fingerprint density at radius 3 is 2.41 bits per heavy atom.